The van der Waals surface area contributed by atoms with Crippen molar-refractivity contribution in [2.75, 3.05) is 0 Å². The molecule has 1 fully saturated rings. The normalized spacial score (nSPS) is 21.2. The van der Waals surface area contributed by atoms with Gasteiger partial charge < -0.3 is 9.84 Å². The molecule has 1 atom stereocenters. The van der Waals surface area contributed by atoms with Crippen LogP contribution in [0.4, 0.5) is 0 Å². The minimum Gasteiger partial charge on any atom is -0.512 e. The van der Waals surface area contributed by atoms with Crippen LogP contribution in [0.3, 0.4) is 0 Å². The fourth-order valence-corrected chi connectivity index (χ4v) is 5.79. The van der Waals surface area contributed by atoms with E-state index in [1.54, 1.807) is 4.52 Å². The summed E-state index contributed by atoms with van der Waals surface area (Å²) in [5.74, 6) is 0.899. The molecule has 2 aromatic heterocycles. The molecular formula is C28H34N4O3. The molecule has 1 saturated carbocycles. The Kier molecular flexibility index (Phi) is 6.34. The molecule has 1 aromatic carbocycles. The van der Waals surface area contributed by atoms with Crippen molar-refractivity contribution in [2.24, 2.45) is 5.92 Å². The van der Waals surface area contributed by atoms with Crippen molar-refractivity contribution in [3.63, 3.8) is 0 Å². The molecular weight excluding hydrogens is 440 g/mol. The molecule has 7 nitrogen and oxygen atoms in total. The number of aromatic nitrogens is 4. The Morgan fingerprint density at radius 3 is 2.66 bits per heavy atom. The summed E-state index contributed by atoms with van der Waals surface area (Å²) in [6.07, 6.45) is 7.36. The van der Waals surface area contributed by atoms with Crippen molar-refractivity contribution in [3.05, 3.63) is 70.0 Å². The average Bonchev–Trinajstić information content (AvgIpc) is 3.51. The Balaban J connectivity index is 1.40. The standard InChI is InChI=1S/C28H34N4O3/c1-4-20-8-7-9-21(15-20)12-13-28(22-10-5-6-11-22)17-24(33)23(26(34)35-28)16-25-30-27-29-18(2)14-19(3)32(27)31-25/h7-9,14-15,22,33H,4-6,10-13,16-17H2,1-3H3. The van der Waals surface area contributed by atoms with Crippen LogP contribution in [-0.4, -0.2) is 36.3 Å². The van der Waals surface area contributed by atoms with Crippen LogP contribution in [0, 0.1) is 19.8 Å². The molecule has 1 N–H and O–H groups in total. The lowest BCUT2D eigenvalue weighted by molar-refractivity contribution is -0.167. The first kappa shape index (κ1) is 23.5. The fraction of sp³-hybridized carbons (Fsp3) is 0.500. The van der Waals surface area contributed by atoms with Crippen LogP contribution < -0.4 is 0 Å². The Labute approximate surface area is 206 Å². The quantitative estimate of drug-likeness (QED) is 0.476. The van der Waals surface area contributed by atoms with Crippen LogP contribution in [0.25, 0.3) is 5.78 Å². The van der Waals surface area contributed by atoms with Gasteiger partial charge >= 0.3 is 5.97 Å². The molecule has 2 aliphatic rings. The monoisotopic (exact) mass is 474 g/mol. The van der Waals surface area contributed by atoms with Crippen molar-refractivity contribution >= 4 is 11.7 Å². The Morgan fingerprint density at radius 1 is 1.14 bits per heavy atom. The zero-order chi connectivity index (χ0) is 24.6. The highest BCUT2D eigenvalue weighted by molar-refractivity contribution is 5.90. The van der Waals surface area contributed by atoms with Gasteiger partial charge in [0, 0.05) is 24.2 Å². The third kappa shape index (κ3) is 4.68. The number of hydrogen-bond acceptors (Lipinski definition) is 6. The highest BCUT2D eigenvalue weighted by Gasteiger charge is 2.48. The highest BCUT2D eigenvalue weighted by atomic mass is 16.6. The fourth-order valence-electron chi connectivity index (χ4n) is 5.79. The van der Waals surface area contributed by atoms with E-state index in [1.165, 1.54) is 11.1 Å². The van der Waals surface area contributed by atoms with Gasteiger partial charge in [0.05, 0.1) is 5.57 Å². The third-order valence-electron chi connectivity index (χ3n) is 7.69. The molecule has 0 amide bonds. The number of ether oxygens (including phenoxy) is 1. The topological polar surface area (TPSA) is 89.6 Å². The van der Waals surface area contributed by atoms with Gasteiger partial charge in [-0.05, 0) is 69.1 Å². The van der Waals surface area contributed by atoms with Crippen LogP contribution in [0.2, 0.25) is 0 Å². The van der Waals surface area contributed by atoms with Gasteiger partial charge in [0.1, 0.15) is 11.4 Å². The molecule has 0 bridgehead atoms. The zero-order valence-electron chi connectivity index (χ0n) is 20.9. The van der Waals surface area contributed by atoms with Crippen molar-refractivity contribution in [2.45, 2.75) is 84.2 Å². The molecule has 35 heavy (non-hydrogen) atoms. The van der Waals surface area contributed by atoms with Gasteiger partial charge in [0.2, 0.25) is 0 Å². The number of fused-ring (bicyclic) bond motifs is 1. The molecule has 184 valence electrons. The second kappa shape index (κ2) is 9.44. The van der Waals surface area contributed by atoms with E-state index in [4.69, 9.17) is 4.74 Å². The molecule has 3 aromatic rings. The number of esters is 1. The Morgan fingerprint density at radius 2 is 1.91 bits per heavy atom. The van der Waals surface area contributed by atoms with Crippen LogP contribution in [-0.2, 0) is 28.8 Å². The summed E-state index contributed by atoms with van der Waals surface area (Å²) in [6.45, 7) is 6.01. The molecule has 0 radical (unpaired) electrons. The summed E-state index contributed by atoms with van der Waals surface area (Å²) in [6, 6.07) is 10.5. The molecule has 5 rings (SSSR count). The molecule has 1 aliphatic carbocycles. The summed E-state index contributed by atoms with van der Waals surface area (Å²) >= 11 is 0. The van der Waals surface area contributed by atoms with Crippen molar-refractivity contribution < 1.29 is 14.6 Å². The minimum atomic E-state index is -0.662. The number of carbonyl (C=O) groups excluding carboxylic acids is 1. The molecule has 0 spiro atoms. The number of aryl methyl sites for hydroxylation is 4. The Hall–Kier alpha value is -3.22. The van der Waals surface area contributed by atoms with E-state index in [-0.39, 0.29) is 23.7 Å². The summed E-state index contributed by atoms with van der Waals surface area (Å²) in [5, 5.41) is 15.7. The number of rotatable bonds is 7. The van der Waals surface area contributed by atoms with Gasteiger partial charge in [-0.25, -0.2) is 14.3 Å². The number of cyclic esters (lactones) is 1. The van der Waals surface area contributed by atoms with E-state index in [0.29, 0.717) is 24.4 Å². The number of aliphatic hydroxyl groups excluding tert-OH is 1. The summed E-state index contributed by atoms with van der Waals surface area (Å²) in [7, 11) is 0. The van der Waals surface area contributed by atoms with E-state index in [1.807, 2.05) is 19.9 Å². The molecule has 3 heterocycles. The van der Waals surface area contributed by atoms with Gasteiger partial charge in [-0.3, -0.25) is 0 Å². The average molecular weight is 475 g/mol. The SMILES string of the molecule is CCc1cccc(CCC2(C3CCCC3)CC(O)=C(Cc3nc4nc(C)cc(C)n4n3)C(=O)O2)c1. The first-order valence-corrected chi connectivity index (χ1v) is 12.8. The maximum absolute atomic E-state index is 13.3. The van der Waals surface area contributed by atoms with Gasteiger partial charge in [0.25, 0.3) is 5.78 Å². The van der Waals surface area contributed by atoms with Crippen LogP contribution in [0.5, 0.6) is 0 Å². The van der Waals surface area contributed by atoms with Crippen LogP contribution in [0.1, 0.15) is 73.8 Å². The number of hydrogen-bond donors (Lipinski definition) is 1. The first-order chi connectivity index (χ1) is 16.9. The third-order valence-corrected chi connectivity index (χ3v) is 7.69. The predicted molar refractivity (Wildman–Crippen MR) is 133 cm³/mol. The van der Waals surface area contributed by atoms with E-state index in [9.17, 15) is 9.90 Å². The van der Waals surface area contributed by atoms with E-state index < -0.39 is 11.6 Å². The van der Waals surface area contributed by atoms with Crippen LogP contribution >= 0.6 is 0 Å². The Bertz CT molecular complexity index is 1290. The lowest BCUT2D eigenvalue weighted by Crippen LogP contribution is -2.46. The van der Waals surface area contributed by atoms with Gasteiger partial charge in [-0.15, -0.1) is 5.10 Å². The van der Waals surface area contributed by atoms with Gasteiger partial charge in [-0.2, -0.15) is 4.98 Å². The number of nitrogens with zero attached hydrogens (tertiary/aromatic N) is 4. The molecule has 1 aliphatic heterocycles. The minimum absolute atomic E-state index is 0.121. The van der Waals surface area contributed by atoms with Crippen molar-refractivity contribution in [3.8, 4) is 0 Å². The molecule has 7 heteroatoms. The van der Waals surface area contributed by atoms with E-state index in [2.05, 4.69) is 46.3 Å². The first-order valence-electron chi connectivity index (χ1n) is 12.8. The smallest absolute Gasteiger partial charge is 0.338 e. The summed E-state index contributed by atoms with van der Waals surface area (Å²) in [5.41, 5.74) is 3.94. The number of aliphatic hydroxyl groups is 1. The maximum Gasteiger partial charge on any atom is 0.338 e. The predicted octanol–water partition coefficient (Wildman–Crippen LogP) is 5.17. The van der Waals surface area contributed by atoms with E-state index >= 15 is 0 Å². The summed E-state index contributed by atoms with van der Waals surface area (Å²) in [4.78, 5) is 22.2. The largest absolute Gasteiger partial charge is 0.512 e. The second-order valence-corrected chi connectivity index (χ2v) is 10.2. The zero-order valence-corrected chi connectivity index (χ0v) is 20.9. The maximum atomic E-state index is 13.3. The van der Waals surface area contributed by atoms with Crippen molar-refractivity contribution in [1.82, 2.24) is 19.6 Å². The van der Waals surface area contributed by atoms with Gasteiger partial charge in [0.15, 0.2) is 5.82 Å². The number of carbonyl (C=O) groups is 1. The number of benzene rings is 1. The summed E-state index contributed by atoms with van der Waals surface area (Å²) < 4.78 is 7.94. The molecule has 1 unspecified atom stereocenters. The lowest BCUT2D eigenvalue weighted by atomic mass is 9.76. The highest BCUT2D eigenvalue weighted by Crippen LogP contribution is 2.46. The van der Waals surface area contributed by atoms with Gasteiger partial charge in [-0.1, -0.05) is 44.0 Å². The second-order valence-electron chi connectivity index (χ2n) is 10.2. The molecule has 0 saturated heterocycles. The van der Waals surface area contributed by atoms with Crippen molar-refractivity contribution in [1.29, 1.82) is 0 Å². The van der Waals surface area contributed by atoms with Crippen LogP contribution in [0.15, 0.2) is 41.7 Å². The van der Waals surface area contributed by atoms with E-state index in [0.717, 1.165) is 49.9 Å². The lowest BCUT2D eigenvalue weighted by Gasteiger charge is -2.41.